The Morgan fingerprint density at radius 2 is 1.73 bits per heavy atom. The second kappa shape index (κ2) is 7.90. The predicted octanol–water partition coefficient (Wildman–Crippen LogP) is 3.57. The van der Waals surface area contributed by atoms with Crippen LogP contribution in [0.5, 0.6) is 0 Å². The molecule has 0 heterocycles. The summed E-state index contributed by atoms with van der Waals surface area (Å²) in [5, 5.41) is 2.37. The molecule has 2 rings (SSSR count). The lowest BCUT2D eigenvalue weighted by molar-refractivity contribution is -0.137. The Balaban J connectivity index is 1.90. The zero-order chi connectivity index (χ0) is 19.3. The van der Waals surface area contributed by atoms with Gasteiger partial charge in [-0.2, -0.15) is 13.2 Å². The number of ether oxygens (including phenoxy) is 1. The molecular weight excluding hydrogens is 349 g/mol. The number of esters is 1. The maximum absolute atomic E-state index is 12.5. The highest BCUT2D eigenvalue weighted by molar-refractivity contribution is 5.95. The van der Waals surface area contributed by atoms with E-state index in [9.17, 15) is 22.8 Å². The van der Waals surface area contributed by atoms with Crippen LogP contribution in [0.3, 0.4) is 0 Å². The second-order valence-corrected chi connectivity index (χ2v) is 5.64. The Morgan fingerprint density at radius 1 is 1.08 bits per heavy atom. The first-order valence-electron chi connectivity index (χ1n) is 7.58. The van der Waals surface area contributed by atoms with Gasteiger partial charge in [0.25, 0.3) is 5.91 Å². The van der Waals surface area contributed by atoms with Gasteiger partial charge in [-0.15, -0.1) is 0 Å². The molecule has 0 aliphatic carbocycles. The molecule has 8 heteroatoms. The van der Waals surface area contributed by atoms with E-state index in [0.29, 0.717) is 5.56 Å². The molecule has 138 valence electrons. The highest BCUT2D eigenvalue weighted by atomic mass is 19.4. The van der Waals surface area contributed by atoms with E-state index in [1.807, 2.05) is 25.1 Å². The van der Waals surface area contributed by atoms with Crippen LogP contribution in [0.15, 0.2) is 48.5 Å². The van der Waals surface area contributed by atoms with Gasteiger partial charge in [-0.05, 0) is 42.5 Å². The maximum Gasteiger partial charge on any atom is 0.416 e. The van der Waals surface area contributed by atoms with Crippen molar-refractivity contribution >= 4 is 23.3 Å². The van der Waals surface area contributed by atoms with Gasteiger partial charge in [0.1, 0.15) is 0 Å². The monoisotopic (exact) mass is 366 g/mol. The van der Waals surface area contributed by atoms with E-state index in [1.165, 1.54) is 0 Å². The minimum atomic E-state index is -4.45. The van der Waals surface area contributed by atoms with Crippen molar-refractivity contribution in [1.82, 2.24) is 0 Å². The highest BCUT2D eigenvalue weighted by Crippen LogP contribution is 2.29. The largest absolute Gasteiger partial charge is 0.452 e. The summed E-state index contributed by atoms with van der Waals surface area (Å²) in [5.74, 6) is -1.32. The summed E-state index contributed by atoms with van der Waals surface area (Å²) >= 11 is 0. The number of anilines is 2. The van der Waals surface area contributed by atoms with Gasteiger partial charge in [-0.3, -0.25) is 4.79 Å². The summed E-state index contributed by atoms with van der Waals surface area (Å²) < 4.78 is 42.4. The van der Waals surface area contributed by atoms with Crippen LogP contribution < -0.4 is 10.2 Å². The molecule has 2 aromatic carbocycles. The fourth-order valence-corrected chi connectivity index (χ4v) is 2.07. The van der Waals surface area contributed by atoms with Crippen molar-refractivity contribution in [1.29, 1.82) is 0 Å². The van der Waals surface area contributed by atoms with E-state index in [1.54, 1.807) is 18.2 Å². The Bertz CT molecular complexity index is 787. The Kier molecular flexibility index (Phi) is 5.86. The molecule has 0 fully saturated rings. The lowest BCUT2D eigenvalue weighted by Gasteiger charge is -2.13. The summed E-state index contributed by atoms with van der Waals surface area (Å²) in [5.41, 5.74) is 0.448. The summed E-state index contributed by atoms with van der Waals surface area (Å²) in [4.78, 5) is 25.6. The molecule has 0 saturated heterocycles. The molecule has 0 unspecified atom stereocenters. The van der Waals surface area contributed by atoms with Crippen LogP contribution in [0.2, 0.25) is 0 Å². The fraction of sp³-hybridized carbons (Fsp3) is 0.222. The van der Waals surface area contributed by atoms with Crippen molar-refractivity contribution in [2.45, 2.75) is 6.18 Å². The van der Waals surface area contributed by atoms with Gasteiger partial charge < -0.3 is 15.0 Å². The van der Waals surface area contributed by atoms with E-state index in [-0.39, 0.29) is 5.69 Å². The minimum Gasteiger partial charge on any atom is -0.452 e. The van der Waals surface area contributed by atoms with E-state index in [0.717, 1.165) is 30.0 Å². The highest BCUT2D eigenvalue weighted by Gasteiger charge is 2.30. The second-order valence-electron chi connectivity index (χ2n) is 5.64. The fourth-order valence-electron chi connectivity index (χ4n) is 2.07. The molecule has 1 amide bonds. The van der Waals surface area contributed by atoms with Crippen molar-refractivity contribution in [3.63, 3.8) is 0 Å². The van der Waals surface area contributed by atoms with Crippen molar-refractivity contribution in [2.75, 3.05) is 30.9 Å². The lowest BCUT2D eigenvalue weighted by Crippen LogP contribution is -2.21. The molecule has 0 atom stereocenters. The smallest absolute Gasteiger partial charge is 0.416 e. The first kappa shape index (κ1) is 19.3. The van der Waals surface area contributed by atoms with E-state index >= 15 is 0 Å². The molecule has 0 radical (unpaired) electrons. The van der Waals surface area contributed by atoms with Gasteiger partial charge in [0.05, 0.1) is 11.1 Å². The Hall–Kier alpha value is -3.03. The van der Waals surface area contributed by atoms with Crippen molar-refractivity contribution in [3.05, 3.63) is 59.7 Å². The van der Waals surface area contributed by atoms with Crippen LogP contribution >= 0.6 is 0 Å². The number of carbonyl (C=O) groups excluding carboxylic acids is 2. The van der Waals surface area contributed by atoms with Crippen LogP contribution in [-0.4, -0.2) is 32.6 Å². The zero-order valence-corrected chi connectivity index (χ0v) is 14.1. The van der Waals surface area contributed by atoms with Gasteiger partial charge >= 0.3 is 12.1 Å². The third-order valence-electron chi connectivity index (χ3n) is 3.43. The summed E-state index contributed by atoms with van der Waals surface area (Å²) in [6.07, 6.45) is -4.45. The number of halogens is 3. The molecule has 0 aliphatic rings. The third-order valence-corrected chi connectivity index (χ3v) is 3.43. The Morgan fingerprint density at radius 3 is 2.31 bits per heavy atom. The number of nitrogens with one attached hydrogen (secondary N) is 1. The number of nitrogens with zero attached hydrogens (tertiary/aromatic N) is 1. The minimum absolute atomic E-state index is 0.175. The first-order chi connectivity index (χ1) is 12.2. The number of alkyl halides is 3. The molecule has 0 bridgehead atoms. The zero-order valence-electron chi connectivity index (χ0n) is 14.1. The molecule has 0 aromatic heterocycles. The number of hydrogen-bond donors (Lipinski definition) is 1. The summed E-state index contributed by atoms with van der Waals surface area (Å²) in [6.45, 7) is -0.550. The standard InChI is InChI=1S/C18H17F3N2O3/c1-23(2)15-5-3-4-12(10-15)17(25)26-11-16(24)22-14-8-6-13(7-9-14)18(19,20)21/h3-10H,11H2,1-2H3,(H,22,24). The van der Waals surface area contributed by atoms with Crippen LogP contribution in [0.25, 0.3) is 0 Å². The molecule has 0 saturated carbocycles. The van der Waals surface area contributed by atoms with E-state index in [2.05, 4.69) is 5.32 Å². The topological polar surface area (TPSA) is 58.6 Å². The molecule has 0 spiro atoms. The number of hydrogen-bond acceptors (Lipinski definition) is 4. The molecule has 2 aromatic rings. The molecular formula is C18H17F3N2O3. The van der Waals surface area contributed by atoms with E-state index in [4.69, 9.17) is 4.74 Å². The predicted molar refractivity (Wildman–Crippen MR) is 91.1 cm³/mol. The van der Waals surface area contributed by atoms with Crippen LogP contribution in [0, 0.1) is 0 Å². The van der Waals surface area contributed by atoms with Crippen LogP contribution in [-0.2, 0) is 15.7 Å². The van der Waals surface area contributed by atoms with Crippen molar-refractivity contribution < 1.29 is 27.5 Å². The molecule has 1 N–H and O–H groups in total. The van der Waals surface area contributed by atoms with E-state index < -0.39 is 30.2 Å². The lowest BCUT2D eigenvalue weighted by atomic mass is 10.2. The number of amides is 1. The number of carbonyl (C=O) groups is 2. The van der Waals surface area contributed by atoms with Gasteiger partial charge in [0, 0.05) is 25.5 Å². The number of rotatable bonds is 5. The van der Waals surface area contributed by atoms with Gasteiger partial charge in [0.2, 0.25) is 0 Å². The van der Waals surface area contributed by atoms with Crippen LogP contribution in [0.1, 0.15) is 15.9 Å². The average molecular weight is 366 g/mol. The molecule has 0 aliphatic heterocycles. The summed E-state index contributed by atoms with van der Waals surface area (Å²) in [7, 11) is 3.64. The van der Waals surface area contributed by atoms with Crippen molar-refractivity contribution in [3.8, 4) is 0 Å². The maximum atomic E-state index is 12.5. The van der Waals surface area contributed by atoms with Crippen molar-refractivity contribution in [2.24, 2.45) is 0 Å². The normalized spacial score (nSPS) is 11.0. The van der Waals surface area contributed by atoms with Gasteiger partial charge in [-0.1, -0.05) is 6.07 Å². The Labute approximate surface area is 148 Å². The SMILES string of the molecule is CN(C)c1cccc(C(=O)OCC(=O)Nc2ccc(C(F)(F)F)cc2)c1. The quantitative estimate of drug-likeness (QED) is 0.822. The van der Waals surface area contributed by atoms with Gasteiger partial charge in [0.15, 0.2) is 6.61 Å². The van der Waals surface area contributed by atoms with Gasteiger partial charge in [-0.25, -0.2) is 4.79 Å². The molecule has 5 nitrogen and oxygen atoms in total. The number of benzene rings is 2. The third kappa shape index (κ3) is 5.23. The summed E-state index contributed by atoms with van der Waals surface area (Å²) in [6, 6.07) is 10.6. The first-order valence-corrected chi connectivity index (χ1v) is 7.58. The van der Waals surface area contributed by atoms with Crippen LogP contribution in [0.4, 0.5) is 24.5 Å². The average Bonchev–Trinajstić information content (AvgIpc) is 2.59. The molecule has 26 heavy (non-hydrogen) atoms.